The lowest BCUT2D eigenvalue weighted by Crippen LogP contribution is -2.06. The molecule has 13 aromatic rings. The topological polar surface area (TPSA) is 43.9 Å². The van der Waals surface area contributed by atoms with Crippen molar-refractivity contribution < 1.29 is 4.42 Å². The Morgan fingerprint density at radius 1 is 0.378 bits per heavy atom. The molecule has 0 N–H and O–H groups in total. The van der Waals surface area contributed by atoms with Gasteiger partial charge >= 0.3 is 0 Å². The Labute approximate surface area is 429 Å². The lowest BCUT2D eigenvalue weighted by Gasteiger charge is -2.25. The number of furan rings is 1. The molecule has 0 amide bonds. The van der Waals surface area contributed by atoms with Crippen LogP contribution >= 0.6 is 0 Å². The SMILES string of the molecule is C1=CC(c2cc(-c3nc(-c4ccccc4)nc4c3oc3ccccc34)cc(-c3ccccc3)c2-n2c3c(-c4ccccc4)c(-c4ccccc4)ccc3c3ccc(-c4ccccc4)c(-c4ccccc4)c32)=CCC1. The highest BCUT2D eigenvalue weighted by molar-refractivity contribution is 6.22. The molecule has 1 aliphatic rings. The van der Waals surface area contributed by atoms with E-state index in [9.17, 15) is 0 Å². The molecule has 0 unspecified atom stereocenters. The molecule has 0 aliphatic heterocycles. The highest BCUT2D eigenvalue weighted by Crippen LogP contribution is 2.51. The van der Waals surface area contributed by atoms with Crippen LogP contribution in [-0.2, 0) is 0 Å². The van der Waals surface area contributed by atoms with Crippen molar-refractivity contribution in [1.29, 1.82) is 0 Å². The Bertz CT molecular complexity index is 4170. The number of hydrogen-bond acceptors (Lipinski definition) is 3. The molecule has 10 aromatic carbocycles. The van der Waals surface area contributed by atoms with Crippen LogP contribution in [0.25, 0.3) is 133 Å². The van der Waals surface area contributed by atoms with Crippen molar-refractivity contribution in [2.24, 2.45) is 0 Å². The maximum Gasteiger partial charge on any atom is 0.180 e. The molecule has 0 radical (unpaired) electrons. The fraction of sp³-hybridized carbons (Fsp3) is 0.0286. The summed E-state index contributed by atoms with van der Waals surface area (Å²) >= 11 is 0. The molecule has 0 saturated heterocycles. The van der Waals surface area contributed by atoms with E-state index in [4.69, 9.17) is 14.4 Å². The molecule has 74 heavy (non-hydrogen) atoms. The van der Waals surface area contributed by atoms with Gasteiger partial charge in [-0.3, -0.25) is 0 Å². The summed E-state index contributed by atoms with van der Waals surface area (Å²) in [6.07, 6.45) is 8.95. The van der Waals surface area contributed by atoms with E-state index in [1.807, 2.05) is 30.3 Å². The number of aromatic nitrogens is 3. The number of allylic oxidation sites excluding steroid dienone is 4. The first-order chi connectivity index (χ1) is 36.7. The molecule has 4 heteroatoms. The number of benzene rings is 10. The Kier molecular flexibility index (Phi) is 10.6. The minimum Gasteiger partial charge on any atom is -0.452 e. The van der Waals surface area contributed by atoms with Gasteiger partial charge in [-0.1, -0.05) is 237 Å². The third-order valence-electron chi connectivity index (χ3n) is 14.6. The molecule has 0 bridgehead atoms. The van der Waals surface area contributed by atoms with Crippen LogP contribution in [0.15, 0.2) is 265 Å². The fourth-order valence-electron chi connectivity index (χ4n) is 11.3. The first kappa shape index (κ1) is 43.2. The molecular formula is C70H47N3O. The summed E-state index contributed by atoms with van der Waals surface area (Å²) in [6.45, 7) is 0. The predicted octanol–water partition coefficient (Wildman–Crippen LogP) is 18.9. The van der Waals surface area contributed by atoms with Crippen LogP contribution in [0.4, 0.5) is 0 Å². The molecule has 3 aromatic heterocycles. The van der Waals surface area contributed by atoms with E-state index in [-0.39, 0.29) is 0 Å². The zero-order valence-electron chi connectivity index (χ0n) is 40.5. The van der Waals surface area contributed by atoms with Crippen molar-refractivity contribution >= 4 is 49.4 Å². The van der Waals surface area contributed by atoms with Gasteiger partial charge in [-0.25, -0.2) is 9.97 Å². The van der Waals surface area contributed by atoms with Gasteiger partial charge in [-0.2, -0.15) is 0 Å². The molecule has 4 nitrogen and oxygen atoms in total. The van der Waals surface area contributed by atoms with E-state index < -0.39 is 0 Å². The van der Waals surface area contributed by atoms with Gasteiger partial charge in [0.05, 0.1) is 16.7 Å². The summed E-state index contributed by atoms with van der Waals surface area (Å²) in [5, 5.41) is 3.30. The molecule has 0 fully saturated rings. The van der Waals surface area contributed by atoms with Crippen LogP contribution in [-0.4, -0.2) is 14.5 Å². The van der Waals surface area contributed by atoms with E-state index in [0.717, 1.165) is 119 Å². The predicted molar refractivity (Wildman–Crippen MR) is 308 cm³/mol. The van der Waals surface area contributed by atoms with Gasteiger partial charge < -0.3 is 8.98 Å². The van der Waals surface area contributed by atoms with E-state index >= 15 is 0 Å². The van der Waals surface area contributed by atoms with E-state index in [1.165, 1.54) is 21.9 Å². The van der Waals surface area contributed by atoms with Crippen LogP contribution < -0.4 is 0 Å². The maximum absolute atomic E-state index is 6.86. The zero-order valence-corrected chi connectivity index (χ0v) is 40.5. The molecule has 1 aliphatic carbocycles. The summed E-state index contributed by atoms with van der Waals surface area (Å²) in [6, 6.07) is 87.2. The summed E-state index contributed by atoms with van der Waals surface area (Å²) in [5.41, 5.74) is 21.8. The van der Waals surface area contributed by atoms with Gasteiger partial charge in [-0.15, -0.1) is 0 Å². The molecule has 3 heterocycles. The van der Waals surface area contributed by atoms with Crippen LogP contribution in [0.3, 0.4) is 0 Å². The van der Waals surface area contributed by atoms with Gasteiger partial charge in [-0.05, 0) is 81.6 Å². The van der Waals surface area contributed by atoms with E-state index in [2.05, 4.69) is 235 Å². The maximum atomic E-state index is 6.86. The van der Waals surface area contributed by atoms with E-state index in [1.54, 1.807) is 0 Å². The summed E-state index contributed by atoms with van der Waals surface area (Å²) < 4.78 is 9.50. The summed E-state index contributed by atoms with van der Waals surface area (Å²) in [5.74, 6) is 0.646. The lowest BCUT2D eigenvalue weighted by molar-refractivity contribution is 0.667. The standard InChI is InChI=1S/C70H47N3O/c1-8-24-46(25-9-1)54-40-42-56-57-43-41-55(47-26-10-2-11-27-47)63(51-34-18-6-19-35-51)68(57)73(67(56)62(54)50-32-16-5-17-33-50)66-59(48-28-12-3-13-29-48)44-53(45-60(66)49-30-14-4-15-31-49)64-69-65(58-38-22-23-39-61(58)74-69)72-70(71-64)52-36-20-7-21-37-52/h1-3,5-14,16-45H,4,15H2. The van der Waals surface area contributed by atoms with Crippen LogP contribution in [0.2, 0.25) is 0 Å². The Morgan fingerprint density at radius 2 is 0.851 bits per heavy atom. The third-order valence-corrected chi connectivity index (χ3v) is 14.6. The van der Waals surface area contributed by atoms with Crippen LogP contribution in [0.5, 0.6) is 0 Å². The zero-order chi connectivity index (χ0) is 49.0. The average Bonchev–Trinajstić information content (AvgIpc) is 4.04. The van der Waals surface area contributed by atoms with Gasteiger partial charge in [0.2, 0.25) is 0 Å². The van der Waals surface area contributed by atoms with Gasteiger partial charge in [0.15, 0.2) is 11.4 Å². The van der Waals surface area contributed by atoms with Crippen molar-refractivity contribution in [3.63, 3.8) is 0 Å². The number of fused-ring (bicyclic) bond motifs is 6. The molecular weight excluding hydrogens is 899 g/mol. The first-order valence-electron chi connectivity index (χ1n) is 25.5. The van der Waals surface area contributed by atoms with Crippen molar-refractivity contribution in [3.05, 3.63) is 266 Å². The lowest BCUT2D eigenvalue weighted by atomic mass is 9.89. The first-order valence-corrected chi connectivity index (χ1v) is 25.5. The normalized spacial score (nSPS) is 12.5. The molecule has 14 rings (SSSR count). The number of rotatable bonds is 9. The second-order valence-corrected chi connectivity index (χ2v) is 19.0. The van der Waals surface area contributed by atoms with Crippen molar-refractivity contribution in [2.75, 3.05) is 0 Å². The van der Waals surface area contributed by atoms with Gasteiger partial charge in [0.1, 0.15) is 16.8 Å². The smallest absolute Gasteiger partial charge is 0.180 e. The molecule has 0 saturated carbocycles. The largest absolute Gasteiger partial charge is 0.452 e. The van der Waals surface area contributed by atoms with Crippen molar-refractivity contribution in [3.8, 4) is 84.0 Å². The van der Waals surface area contributed by atoms with Gasteiger partial charge in [0, 0.05) is 49.5 Å². The molecule has 0 atom stereocenters. The monoisotopic (exact) mass is 945 g/mol. The number of nitrogens with zero attached hydrogens (tertiary/aromatic N) is 3. The molecule has 348 valence electrons. The summed E-state index contributed by atoms with van der Waals surface area (Å²) in [7, 11) is 0. The Hall–Kier alpha value is -9.64. The quantitative estimate of drug-likeness (QED) is 0.145. The third kappa shape index (κ3) is 7.30. The second kappa shape index (κ2) is 18.2. The Balaban J connectivity index is 1.22. The van der Waals surface area contributed by atoms with Crippen molar-refractivity contribution in [1.82, 2.24) is 14.5 Å². The highest BCUT2D eigenvalue weighted by Gasteiger charge is 2.29. The second-order valence-electron chi connectivity index (χ2n) is 19.0. The van der Waals surface area contributed by atoms with Gasteiger partial charge in [0.25, 0.3) is 0 Å². The van der Waals surface area contributed by atoms with Crippen LogP contribution in [0, 0.1) is 0 Å². The number of hydrogen-bond donors (Lipinski definition) is 0. The Morgan fingerprint density at radius 3 is 1.38 bits per heavy atom. The minimum absolute atomic E-state index is 0.646. The highest BCUT2D eigenvalue weighted by atomic mass is 16.3. The van der Waals surface area contributed by atoms with Crippen molar-refractivity contribution in [2.45, 2.75) is 12.8 Å². The van der Waals surface area contributed by atoms with Crippen LogP contribution in [0.1, 0.15) is 18.4 Å². The van der Waals surface area contributed by atoms with E-state index in [0.29, 0.717) is 11.4 Å². The average molecular weight is 946 g/mol. The molecule has 0 spiro atoms. The minimum atomic E-state index is 0.646. The fourth-order valence-corrected chi connectivity index (χ4v) is 11.3. The summed E-state index contributed by atoms with van der Waals surface area (Å²) in [4.78, 5) is 10.7. The number of para-hydroxylation sites is 1.